The van der Waals surface area contributed by atoms with Gasteiger partial charge in [-0.1, -0.05) is 79.0 Å². The lowest BCUT2D eigenvalue weighted by Gasteiger charge is -2.29. The number of carboxylic acids is 2. The van der Waals surface area contributed by atoms with E-state index in [9.17, 15) is 30.2 Å². The number of aliphatic carboxylic acids is 2. The maximum Gasteiger partial charge on any atom is 0.305 e. The summed E-state index contributed by atoms with van der Waals surface area (Å²) in [4.78, 5) is 35.7. The summed E-state index contributed by atoms with van der Waals surface area (Å²) < 4.78 is 4.93. The molecule has 10 nitrogen and oxygen atoms in total. The number of hydrogen-bond acceptors (Lipinski definition) is 11. The van der Waals surface area contributed by atoms with Crippen molar-refractivity contribution in [2.75, 3.05) is 6.61 Å². The molecule has 57 heavy (non-hydrogen) atoms. The number of rotatable bonds is 16. The average Bonchev–Trinajstić information content (AvgIpc) is 4.00. The smallest absolute Gasteiger partial charge is 0.305 e. The number of carbonyl (C=O) groups is 3. The van der Waals surface area contributed by atoms with E-state index >= 15 is 0 Å². The van der Waals surface area contributed by atoms with Gasteiger partial charge < -0.3 is 20.7 Å². The topological polar surface area (TPSA) is 198 Å². The molecule has 13 heteroatoms. The molecule has 0 aliphatic heterocycles. The average molecular weight is 839 g/mol. The third-order valence-electron chi connectivity index (χ3n) is 10.6. The predicted molar refractivity (Wildman–Crippen MR) is 230 cm³/mol. The van der Waals surface area contributed by atoms with Crippen molar-refractivity contribution in [3.8, 4) is 18.2 Å². The van der Waals surface area contributed by atoms with Gasteiger partial charge in [-0.25, -0.2) is 0 Å². The van der Waals surface area contributed by atoms with Crippen molar-refractivity contribution in [3.05, 3.63) is 67.2 Å². The van der Waals surface area contributed by atoms with Crippen LogP contribution in [-0.2, 0) is 35.4 Å². The van der Waals surface area contributed by atoms with Gasteiger partial charge in [0.1, 0.15) is 0 Å². The number of carbonyl (C=O) groups excluding carboxylic acids is 1. The maximum atomic E-state index is 11.5. The number of nitrogens with two attached hydrogens (primary N) is 1. The van der Waals surface area contributed by atoms with Crippen LogP contribution in [-0.4, -0.2) is 40.8 Å². The molecular formula is C44H62N4O6S3. The first-order valence-electron chi connectivity index (χ1n) is 19.7. The highest BCUT2D eigenvalue weighted by atomic mass is 32.1. The Balaban J connectivity index is 0.000000394. The number of nitrogens with zero attached hydrogens (tertiary/aromatic N) is 3. The molecule has 0 amide bonds. The first-order valence-corrected chi connectivity index (χ1v) is 22.4. The fourth-order valence-corrected chi connectivity index (χ4v) is 9.85. The molecule has 1 fully saturated rings. The van der Waals surface area contributed by atoms with Crippen LogP contribution in [0.5, 0.6) is 0 Å². The fourth-order valence-electron chi connectivity index (χ4n) is 6.68. The summed E-state index contributed by atoms with van der Waals surface area (Å²) in [6.07, 6.45) is 8.27. The van der Waals surface area contributed by atoms with E-state index in [2.05, 4.69) is 18.2 Å². The van der Waals surface area contributed by atoms with Crippen LogP contribution in [0.4, 0.5) is 0 Å². The molecule has 3 atom stereocenters. The Morgan fingerprint density at radius 2 is 1.02 bits per heavy atom. The second-order valence-corrected chi connectivity index (χ2v) is 18.0. The Morgan fingerprint density at radius 1 is 0.684 bits per heavy atom. The van der Waals surface area contributed by atoms with Gasteiger partial charge in [-0.3, -0.25) is 14.4 Å². The van der Waals surface area contributed by atoms with Gasteiger partial charge in [0.25, 0.3) is 0 Å². The van der Waals surface area contributed by atoms with Gasteiger partial charge in [0, 0.05) is 39.9 Å². The Labute approximate surface area is 352 Å². The summed E-state index contributed by atoms with van der Waals surface area (Å²) >= 11 is 4.61. The second-order valence-electron chi connectivity index (χ2n) is 15.1. The zero-order chi connectivity index (χ0) is 43.1. The molecule has 0 spiro atoms. The highest BCUT2D eigenvalue weighted by Gasteiger charge is 2.39. The maximum absolute atomic E-state index is 11.5. The van der Waals surface area contributed by atoms with Gasteiger partial charge >= 0.3 is 17.9 Å². The van der Waals surface area contributed by atoms with Crippen molar-refractivity contribution in [2.45, 2.75) is 141 Å². The fraction of sp³-hybridized carbons (Fsp3) is 0.591. The first-order chi connectivity index (χ1) is 27.0. The van der Waals surface area contributed by atoms with Crippen molar-refractivity contribution in [3.63, 3.8) is 0 Å². The van der Waals surface area contributed by atoms with E-state index in [0.717, 1.165) is 14.6 Å². The molecule has 1 saturated carbocycles. The number of nitriles is 3. The van der Waals surface area contributed by atoms with Gasteiger partial charge in [0.15, 0.2) is 0 Å². The molecule has 3 aromatic rings. The van der Waals surface area contributed by atoms with Crippen molar-refractivity contribution < 1.29 is 29.3 Å². The van der Waals surface area contributed by atoms with Gasteiger partial charge in [-0.2, -0.15) is 15.8 Å². The lowest BCUT2D eigenvalue weighted by molar-refractivity contribution is -0.143. The van der Waals surface area contributed by atoms with Crippen LogP contribution in [0.1, 0.15) is 134 Å². The van der Waals surface area contributed by atoms with E-state index in [1.807, 2.05) is 94.1 Å². The van der Waals surface area contributed by atoms with Crippen LogP contribution in [0.2, 0.25) is 0 Å². The molecule has 1 aliphatic carbocycles. The highest BCUT2D eigenvalue weighted by molar-refractivity contribution is 7.10. The van der Waals surface area contributed by atoms with Crippen LogP contribution in [0, 0.1) is 51.7 Å². The largest absolute Gasteiger partial charge is 0.481 e. The molecule has 0 saturated heterocycles. The summed E-state index contributed by atoms with van der Waals surface area (Å²) in [6.45, 7) is 14.1. The summed E-state index contributed by atoms with van der Waals surface area (Å²) in [6, 6.07) is 19.1. The summed E-state index contributed by atoms with van der Waals surface area (Å²) in [7, 11) is 0. The Morgan fingerprint density at radius 3 is 1.23 bits per heavy atom. The lowest BCUT2D eigenvalue weighted by Crippen LogP contribution is -2.30. The lowest BCUT2D eigenvalue weighted by atomic mass is 9.74. The zero-order valence-corrected chi connectivity index (χ0v) is 37.1. The molecule has 4 N–H and O–H groups in total. The monoisotopic (exact) mass is 838 g/mol. The first kappa shape index (κ1) is 51.0. The minimum absolute atomic E-state index is 0.0314. The summed E-state index contributed by atoms with van der Waals surface area (Å²) in [5.41, 5.74) is 3.73. The molecule has 0 radical (unpaired) electrons. The van der Waals surface area contributed by atoms with Gasteiger partial charge in [-0.15, -0.1) is 34.0 Å². The van der Waals surface area contributed by atoms with E-state index in [1.165, 1.54) is 54.8 Å². The number of ether oxygens (including phenoxy) is 1. The zero-order valence-electron chi connectivity index (χ0n) is 34.7. The summed E-state index contributed by atoms with van der Waals surface area (Å²) in [5, 5.41) is 51.7. The van der Waals surface area contributed by atoms with E-state index in [-0.39, 0.29) is 43.0 Å². The summed E-state index contributed by atoms with van der Waals surface area (Å²) in [5.74, 6) is -1.55. The molecule has 3 unspecified atom stereocenters. The van der Waals surface area contributed by atoms with Gasteiger partial charge in [0.05, 0.1) is 41.1 Å². The quantitative estimate of drug-likeness (QED) is 0.117. The van der Waals surface area contributed by atoms with Gasteiger partial charge in [0.2, 0.25) is 0 Å². The second kappa shape index (κ2) is 26.0. The van der Waals surface area contributed by atoms with Crippen LogP contribution < -0.4 is 5.73 Å². The van der Waals surface area contributed by atoms with Crippen molar-refractivity contribution in [1.82, 2.24) is 0 Å². The molecule has 1 aliphatic rings. The predicted octanol–water partition coefficient (Wildman–Crippen LogP) is 10.8. The van der Waals surface area contributed by atoms with Crippen molar-refractivity contribution in [1.29, 1.82) is 15.8 Å². The van der Waals surface area contributed by atoms with E-state index in [4.69, 9.17) is 20.7 Å². The highest BCUT2D eigenvalue weighted by Crippen LogP contribution is 2.41. The Kier molecular flexibility index (Phi) is 23.3. The van der Waals surface area contributed by atoms with E-state index < -0.39 is 28.2 Å². The molecule has 0 aromatic carbocycles. The van der Waals surface area contributed by atoms with Crippen LogP contribution in [0.15, 0.2) is 52.5 Å². The van der Waals surface area contributed by atoms with E-state index in [0.29, 0.717) is 31.9 Å². The minimum Gasteiger partial charge on any atom is -0.481 e. The third-order valence-corrected chi connectivity index (χ3v) is 13.7. The molecule has 4 rings (SSSR count). The van der Waals surface area contributed by atoms with Crippen LogP contribution in [0.25, 0.3) is 0 Å². The molecule has 0 bridgehead atoms. The number of thiophene rings is 3. The number of hydrogen-bond donors (Lipinski definition) is 3. The molecular weight excluding hydrogens is 777 g/mol. The standard InChI is InChI=1S/C14H19NO2S.2C12H15NO2S.C6H13N/c1-4-17-13(16)7-8-14(10-15,11(2)3)12-6-5-9-18-12;2*1-9(2)12(8-13,6-5-11(14)15)10-4-3-7-16-10;7-6-4-2-1-3-5-6/h5-6,9,11H,4,7-8H2,1-3H3;2*3-4,7,9H,5-6H2,1-2H3,(H,14,15);6H,1-5,7H2. The van der Waals surface area contributed by atoms with Crippen molar-refractivity contribution in [2.24, 2.45) is 23.5 Å². The third kappa shape index (κ3) is 15.7. The van der Waals surface area contributed by atoms with Crippen LogP contribution >= 0.6 is 34.0 Å². The van der Waals surface area contributed by atoms with E-state index in [1.54, 1.807) is 18.3 Å². The molecule has 3 heterocycles. The SMILES string of the molecule is CC(C)C(C#N)(CCC(=O)O)c1cccs1.CC(C)C(C#N)(CCC(=O)O)c1cccs1.CCOC(=O)CCC(C#N)(c1cccs1)C(C)C.NC1CCCCC1. The number of carboxylic acid groups (broad SMARTS) is 2. The van der Waals surface area contributed by atoms with Gasteiger partial charge in [-0.05, 0) is 91.1 Å². The Hall–Kier alpha value is -4.06. The van der Waals surface area contributed by atoms with Crippen molar-refractivity contribution >= 4 is 51.9 Å². The Bertz CT molecular complexity index is 1640. The molecule has 312 valence electrons. The number of esters is 1. The minimum atomic E-state index is -0.850. The molecule has 3 aromatic heterocycles. The normalized spacial score (nSPS) is 15.6. The van der Waals surface area contributed by atoms with Crippen LogP contribution in [0.3, 0.4) is 0 Å².